The summed E-state index contributed by atoms with van der Waals surface area (Å²) >= 11 is 0. The SMILES string of the molecule is Cc1ncc(C(=O)NC(Cc2ccccc2)C(=O)C(N)=O)n1-c1ccc(C#N)cn1. The van der Waals surface area contributed by atoms with Gasteiger partial charge in [0.2, 0.25) is 5.78 Å². The van der Waals surface area contributed by atoms with Crippen molar-refractivity contribution in [1.82, 2.24) is 19.9 Å². The van der Waals surface area contributed by atoms with Crippen molar-refractivity contribution in [2.45, 2.75) is 19.4 Å². The smallest absolute Gasteiger partial charge is 0.287 e. The van der Waals surface area contributed by atoms with E-state index < -0.39 is 23.6 Å². The third kappa shape index (κ3) is 4.39. The third-order valence-corrected chi connectivity index (χ3v) is 4.42. The highest BCUT2D eigenvalue weighted by Crippen LogP contribution is 2.14. The minimum Gasteiger partial charge on any atom is -0.363 e. The number of Topliss-reactive ketones (excluding diaryl/α,β-unsaturated/α-hetero) is 1. The number of nitrogens with one attached hydrogen (secondary N) is 1. The fourth-order valence-electron chi connectivity index (χ4n) is 2.94. The van der Waals surface area contributed by atoms with Gasteiger partial charge < -0.3 is 11.1 Å². The molecule has 30 heavy (non-hydrogen) atoms. The Labute approximate surface area is 172 Å². The Morgan fingerprint density at radius 3 is 2.47 bits per heavy atom. The highest BCUT2D eigenvalue weighted by atomic mass is 16.2. The van der Waals surface area contributed by atoms with Crippen LogP contribution in [-0.2, 0) is 16.0 Å². The molecule has 9 heteroatoms. The van der Waals surface area contributed by atoms with Crippen LogP contribution >= 0.6 is 0 Å². The van der Waals surface area contributed by atoms with Crippen LogP contribution in [0.15, 0.2) is 54.9 Å². The molecule has 1 aromatic carbocycles. The minimum absolute atomic E-state index is 0.108. The fourth-order valence-corrected chi connectivity index (χ4v) is 2.94. The van der Waals surface area contributed by atoms with E-state index in [-0.39, 0.29) is 12.1 Å². The van der Waals surface area contributed by atoms with Gasteiger partial charge in [0.15, 0.2) is 0 Å². The molecule has 3 rings (SSSR count). The number of primary amides is 1. The number of amides is 2. The van der Waals surface area contributed by atoms with E-state index in [4.69, 9.17) is 11.0 Å². The molecule has 9 nitrogen and oxygen atoms in total. The van der Waals surface area contributed by atoms with E-state index in [0.717, 1.165) is 5.56 Å². The zero-order valence-corrected chi connectivity index (χ0v) is 16.1. The number of carbonyl (C=O) groups excluding carboxylic acids is 3. The Hall–Kier alpha value is -4.32. The lowest BCUT2D eigenvalue weighted by Crippen LogP contribution is -2.47. The van der Waals surface area contributed by atoms with Gasteiger partial charge in [0.1, 0.15) is 29.4 Å². The molecule has 0 saturated heterocycles. The lowest BCUT2D eigenvalue weighted by atomic mass is 10.0. The van der Waals surface area contributed by atoms with Crippen molar-refractivity contribution in [1.29, 1.82) is 5.26 Å². The second kappa shape index (κ2) is 8.79. The molecule has 0 radical (unpaired) electrons. The first-order valence-electron chi connectivity index (χ1n) is 9.00. The van der Waals surface area contributed by atoms with Crippen LogP contribution in [0.4, 0.5) is 0 Å². The van der Waals surface area contributed by atoms with Gasteiger partial charge in [0, 0.05) is 12.6 Å². The molecular weight excluding hydrogens is 384 g/mol. The average Bonchev–Trinajstić information content (AvgIpc) is 3.15. The van der Waals surface area contributed by atoms with Crippen LogP contribution in [0.25, 0.3) is 5.82 Å². The summed E-state index contributed by atoms with van der Waals surface area (Å²) in [6.45, 7) is 1.69. The zero-order chi connectivity index (χ0) is 21.7. The van der Waals surface area contributed by atoms with Gasteiger partial charge in [-0.2, -0.15) is 5.26 Å². The summed E-state index contributed by atoms with van der Waals surface area (Å²) in [6.07, 6.45) is 2.83. The van der Waals surface area contributed by atoms with Crippen molar-refractivity contribution in [2.75, 3.05) is 0 Å². The maximum Gasteiger partial charge on any atom is 0.287 e. The molecule has 1 unspecified atom stereocenters. The molecule has 2 heterocycles. The normalized spacial score (nSPS) is 11.3. The van der Waals surface area contributed by atoms with E-state index in [9.17, 15) is 14.4 Å². The highest BCUT2D eigenvalue weighted by molar-refractivity contribution is 6.38. The number of ketones is 1. The Morgan fingerprint density at radius 1 is 1.13 bits per heavy atom. The van der Waals surface area contributed by atoms with E-state index in [1.807, 2.05) is 12.1 Å². The number of pyridine rings is 1. The second-order valence-corrected chi connectivity index (χ2v) is 6.49. The van der Waals surface area contributed by atoms with E-state index >= 15 is 0 Å². The lowest BCUT2D eigenvalue weighted by Gasteiger charge is -2.17. The first-order chi connectivity index (χ1) is 14.4. The standard InChI is InChI=1S/C21H18N6O3/c1-13-24-12-17(27(13)18-8-7-15(10-22)11-25-18)21(30)26-16(19(28)20(23)29)9-14-5-3-2-4-6-14/h2-8,11-12,16H,9H2,1H3,(H2,23,29)(H,26,30). The molecule has 1 atom stereocenters. The van der Waals surface area contributed by atoms with E-state index in [1.54, 1.807) is 43.3 Å². The molecule has 2 amide bonds. The number of hydrogen-bond acceptors (Lipinski definition) is 6. The Kier molecular flexibility index (Phi) is 5.98. The van der Waals surface area contributed by atoms with Crippen LogP contribution in [0.3, 0.4) is 0 Å². The number of hydrogen-bond donors (Lipinski definition) is 2. The average molecular weight is 402 g/mol. The molecule has 0 bridgehead atoms. The van der Waals surface area contributed by atoms with Gasteiger partial charge in [-0.05, 0) is 24.6 Å². The van der Waals surface area contributed by atoms with Crippen LogP contribution in [-0.4, -0.2) is 38.2 Å². The van der Waals surface area contributed by atoms with Crippen molar-refractivity contribution < 1.29 is 14.4 Å². The van der Waals surface area contributed by atoms with Crippen LogP contribution in [0.2, 0.25) is 0 Å². The van der Waals surface area contributed by atoms with Gasteiger partial charge in [-0.25, -0.2) is 9.97 Å². The van der Waals surface area contributed by atoms with Gasteiger partial charge >= 0.3 is 0 Å². The number of nitriles is 1. The molecule has 0 fully saturated rings. The Bertz CT molecular complexity index is 1130. The number of aromatic nitrogens is 3. The van der Waals surface area contributed by atoms with Crippen molar-refractivity contribution >= 4 is 17.6 Å². The molecular formula is C21H18N6O3. The fraction of sp³-hybridized carbons (Fsp3) is 0.143. The topological polar surface area (TPSA) is 144 Å². The predicted molar refractivity (Wildman–Crippen MR) is 106 cm³/mol. The summed E-state index contributed by atoms with van der Waals surface area (Å²) in [7, 11) is 0. The molecule has 150 valence electrons. The molecule has 3 N–H and O–H groups in total. The largest absolute Gasteiger partial charge is 0.363 e. The van der Waals surface area contributed by atoms with Crippen molar-refractivity contribution in [3.05, 3.63) is 77.5 Å². The summed E-state index contributed by atoms with van der Waals surface area (Å²) in [6, 6.07) is 13.0. The monoisotopic (exact) mass is 402 g/mol. The molecule has 0 aliphatic carbocycles. The minimum atomic E-state index is -1.13. The van der Waals surface area contributed by atoms with Gasteiger partial charge in [0.25, 0.3) is 11.8 Å². The molecule has 0 aliphatic heterocycles. The maximum absolute atomic E-state index is 12.9. The lowest BCUT2D eigenvalue weighted by molar-refractivity contribution is -0.137. The highest BCUT2D eigenvalue weighted by Gasteiger charge is 2.27. The van der Waals surface area contributed by atoms with E-state index in [1.165, 1.54) is 17.0 Å². The quantitative estimate of drug-likeness (QED) is 0.561. The summed E-state index contributed by atoms with van der Waals surface area (Å²) in [4.78, 5) is 45.0. The number of carbonyl (C=O) groups is 3. The van der Waals surface area contributed by atoms with Gasteiger partial charge in [-0.3, -0.25) is 19.0 Å². The molecule has 0 saturated carbocycles. The zero-order valence-electron chi connectivity index (χ0n) is 16.1. The maximum atomic E-state index is 12.9. The predicted octanol–water partition coefficient (Wildman–Crippen LogP) is 0.843. The molecule has 3 aromatic rings. The molecule has 2 aromatic heterocycles. The first-order valence-corrected chi connectivity index (χ1v) is 9.00. The van der Waals surface area contributed by atoms with Crippen LogP contribution in [0, 0.1) is 18.3 Å². The van der Waals surface area contributed by atoms with E-state index in [2.05, 4.69) is 15.3 Å². The summed E-state index contributed by atoms with van der Waals surface area (Å²) in [5.74, 6) is -1.77. The number of benzene rings is 1. The second-order valence-electron chi connectivity index (χ2n) is 6.49. The van der Waals surface area contributed by atoms with Crippen LogP contribution in [0.5, 0.6) is 0 Å². The van der Waals surface area contributed by atoms with Crippen molar-refractivity contribution in [3.8, 4) is 11.9 Å². The summed E-state index contributed by atoms with van der Waals surface area (Å²) in [5, 5.41) is 11.5. The van der Waals surface area contributed by atoms with Gasteiger partial charge in [-0.15, -0.1) is 0 Å². The molecule has 0 aliphatic rings. The molecule has 0 spiro atoms. The van der Waals surface area contributed by atoms with Crippen LogP contribution < -0.4 is 11.1 Å². The Morgan fingerprint density at radius 2 is 1.87 bits per heavy atom. The summed E-state index contributed by atoms with van der Waals surface area (Å²) < 4.78 is 1.49. The number of imidazole rings is 1. The number of nitrogens with zero attached hydrogens (tertiary/aromatic N) is 4. The van der Waals surface area contributed by atoms with Crippen LogP contribution in [0.1, 0.15) is 27.4 Å². The Balaban J connectivity index is 1.90. The summed E-state index contributed by atoms with van der Waals surface area (Å²) in [5.41, 5.74) is 6.42. The first kappa shape index (κ1) is 20.4. The third-order valence-electron chi connectivity index (χ3n) is 4.42. The van der Waals surface area contributed by atoms with Crippen molar-refractivity contribution in [2.24, 2.45) is 5.73 Å². The number of nitrogens with two attached hydrogens (primary N) is 1. The number of rotatable bonds is 7. The van der Waals surface area contributed by atoms with Crippen molar-refractivity contribution in [3.63, 3.8) is 0 Å². The van der Waals surface area contributed by atoms with Gasteiger partial charge in [0.05, 0.1) is 11.8 Å². The number of aryl methyl sites for hydroxylation is 1. The van der Waals surface area contributed by atoms with Gasteiger partial charge in [-0.1, -0.05) is 30.3 Å². The van der Waals surface area contributed by atoms with E-state index in [0.29, 0.717) is 17.2 Å².